The van der Waals surface area contributed by atoms with E-state index in [9.17, 15) is 10.1 Å². The van der Waals surface area contributed by atoms with Crippen LogP contribution in [0.2, 0.25) is 18.1 Å². The molecular weight excluding hydrogens is 308 g/mol. The summed E-state index contributed by atoms with van der Waals surface area (Å²) in [4.78, 5) is 14.7. The minimum Gasteiger partial charge on any atom is -0.544 e. The molecule has 1 heterocycles. The molecule has 6 heteroatoms. The van der Waals surface area contributed by atoms with Crippen molar-refractivity contribution in [1.29, 1.82) is 0 Å². The SMILES string of the molecule is CC(C)(C)[Si](C)(C)OC1=CCCC(c2ccncc2[N+](=O)[O-])=C1. The number of aromatic nitrogens is 1. The van der Waals surface area contributed by atoms with E-state index in [4.69, 9.17) is 4.43 Å². The second-order valence-electron chi connectivity index (χ2n) is 7.33. The first-order valence-electron chi connectivity index (χ1n) is 7.80. The summed E-state index contributed by atoms with van der Waals surface area (Å²) in [5, 5.41) is 11.3. The first-order valence-corrected chi connectivity index (χ1v) is 10.7. The second kappa shape index (κ2) is 6.27. The Morgan fingerprint density at radius 1 is 1.35 bits per heavy atom. The lowest BCUT2D eigenvalue weighted by Gasteiger charge is -2.37. The van der Waals surface area contributed by atoms with Gasteiger partial charge in [-0.1, -0.05) is 20.8 Å². The van der Waals surface area contributed by atoms with E-state index in [1.807, 2.05) is 6.08 Å². The fourth-order valence-corrected chi connectivity index (χ4v) is 3.24. The summed E-state index contributed by atoms with van der Waals surface area (Å²) in [5.41, 5.74) is 1.62. The number of allylic oxidation sites excluding steroid dienone is 3. The number of hydrogen-bond donors (Lipinski definition) is 0. The molecule has 0 N–H and O–H groups in total. The van der Waals surface area contributed by atoms with Crippen molar-refractivity contribution in [3.63, 3.8) is 0 Å². The molecule has 0 unspecified atom stereocenters. The Morgan fingerprint density at radius 2 is 2.04 bits per heavy atom. The predicted octanol–water partition coefficient (Wildman–Crippen LogP) is 5.07. The molecule has 0 bridgehead atoms. The van der Waals surface area contributed by atoms with Crippen LogP contribution < -0.4 is 0 Å². The summed E-state index contributed by atoms with van der Waals surface area (Å²) in [6.45, 7) is 11.0. The van der Waals surface area contributed by atoms with Gasteiger partial charge in [-0.05, 0) is 54.8 Å². The standard InChI is InChI=1S/C17H24N2O3Si/c1-17(2,3)23(4,5)22-14-8-6-7-13(11-14)15-9-10-18-12-16(15)19(20)21/h8-12H,6-7H2,1-5H3. The molecule has 2 rings (SSSR count). The summed E-state index contributed by atoms with van der Waals surface area (Å²) < 4.78 is 6.33. The molecule has 0 saturated carbocycles. The summed E-state index contributed by atoms with van der Waals surface area (Å²) >= 11 is 0. The van der Waals surface area contributed by atoms with Crippen molar-refractivity contribution < 1.29 is 9.35 Å². The Morgan fingerprint density at radius 3 is 2.65 bits per heavy atom. The highest BCUT2D eigenvalue weighted by molar-refractivity contribution is 6.74. The van der Waals surface area contributed by atoms with Crippen LogP contribution in [-0.2, 0) is 4.43 Å². The fraction of sp³-hybridized carbons (Fsp3) is 0.471. The molecule has 1 aliphatic rings. The van der Waals surface area contributed by atoms with Crippen molar-refractivity contribution in [3.8, 4) is 0 Å². The summed E-state index contributed by atoms with van der Waals surface area (Å²) in [6.07, 6.45) is 8.53. The van der Waals surface area contributed by atoms with E-state index >= 15 is 0 Å². The smallest absolute Gasteiger partial charge is 0.294 e. The van der Waals surface area contributed by atoms with Crippen molar-refractivity contribution >= 4 is 19.6 Å². The average Bonchev–Trinajstić information content (AvgIpc) is 2.46. The van der Waals surface area contributed by atoms with Crippen LogP contribution in [0.4, 0.5) is 5.69 Å². The predicted molar refractivity (Wildman–Crippen MR) is 94.5 cm³/mol. The van der Waals surface area contributed by atoms with Crippen LogP contribution in [0.3, 0.4) is 0 Å². The maximum absolute atomic E-state index is 11.2. The topological polar surface area (TPSA) is 65.3 Å². The van der Waals surface area contributed by atoms with Crippen molar-refractivity contribution in [2.45, 2.75) is 51.7 Å². The van der Waals surface area contributed by atoms with Gasteiger partial charge in [0, 0.05) is 6.20 Å². The molecule has 0 aliphatic heterocycles. The molecule has 0 fully saturated rings. The molecule has 0 amide bonds. The van der Waals surface area contributed by atoms with Crippen molar-refractivity contribution in [1.82, 2.24) is 4.98 Å². The second-order valence-corrected chi connectivity index (χ2v) is 12.1. The zero-order valence-electron chi connectivity index (χ0n) is 14.4. The van der Waals surface area contributed by atoms with Gasteiger partial charge in [0.25, 0.3) is 5.69 Å². The Balaban J connectivity index is 2.32. The van der Waals surface area contributed by atoms with Gasteiger partial charge in [-0.3, -0.25) is 15.1 Å². The van der Waals surface area contributed by atoms with E-state index in [1.54, 1.807) is 12.3 Å². The van der Waals surface area contributed by atoms with Crippen LogP contribution in [-0.4, -0.2) is 18.2 Å². The normalized spacial score (nSPS) is 15.7. The van der Waals surface area contributed by atoms with Crippen LogP contribution in [0.5, 0.6) is 0 Å². The Bertz CT molecular complexity index is 673. The number of pyridine rings is 1. The number of nitro groups is 1. The van der Waals surface area contributed by atoms with Gasteiger partial charge in [0.1, 0.15) is 6.20 Å². The van der Waals surface area contributed by atoms with Gasteiger partial charge in [-0.2, -0.15) is 0 Å². The first-order chi connectivity index (χ1) is 10.6. The first kappa shape index (κ1) is 17.4. The van der Waals surface area contributed by atoms with Gasteiger partial charge in [0.2, 0.25) is 8.32 Å². The third kappa shape index (κ3) is 3.88. The highest BCUT2D eigenvalue weighted by Crippen LogP contribution is 2.40. The van der Waals surface area contributed by atoms with Gasteiger partial charge in [0.05, 0.1) is 16.2 Å². The molecule has 0 spiro atoms. The molecule has 1 aliphatic carbocycles. The van der Waals surface area contributed by atoms with E-state index in [0.717, 1.165) is 24.2 Å². The van der Waals surface area contributed by atoms with Gasteiger partial charge in [-0.25, -0.2) is 0 Å². The van der Waals surface area contributed by atoms with Crippen LogP contribution in [0.25, 0.3) is 5.57 Å². The number of nitrogens with zero attached hydrogens (tertiary/aromatic N) is 2. The maximum Gasteiger partial charge on any atom is 0.294 e. The van der Waals surface area contributed by atoms with Gasteiger partial charge in [0.15, 0.2) is 0 Å². The fourth-order valence-electron chi connectivity index (χ4n) is 2.21. The van der Waals surface area contributed by atoms with Crippen LogP contribution in [0.1, 0.15) is 39.2 Å². The minimum atomic E-state index is -1.92. The van der Waals surface area contributed by atoms with E-state index in [1.165, 1.54) is 6.20 Å². The Kier molecular flexibility index (Phi) is 4.75. The third-order valence-corrected chi connectivity index (χ3v) is 8.96. The zero-order chi connectivity index (χ0) is 17.3. The maximum atomic E-state index is 11.2. The molecule has 1 aromatic heterocycles. The Hall–Kier alpha value is -1.95. The third-order valence-electron chi connectivity index (χ3n) is 4.60. The summed E-state index contributed by atoms with van der Waals surface area (Å²) in [6, 6.07) is 1.71. The van der Waals surface area contributed by atoms with Crippen molar-refractivity contribution in [2.75, 3.05) is 0 Å². The molecular formula is C17H24N2O3Si. The van der Waals surface area contributed by atoms with E-state index in [0.29, 0.717) is 5.56 Å². The van der Waals surface area contributed by atoms with Crippen molar-refractivity contribution in [3.05, 3.63) is 52.0 Å². The number of hydrogen-bond acceptors (Lipinski definition) is 4. The highest BCUT2D eigenvalue weighted by Gasteiger charge is 2.39. The van der Waals surface area contributed by atoms with Gasteiger partial charge in [-0.15, -0.1) is 0 Å². The summed E-state index contributed by atoms with van der Waals surface area (Å²) in [7, 11) is -1.92. The van der Waals surface area contributed by atoms with E-state index in [-0.39, 0.29) is 15.6 Å². The van der Waals surface area contributed by atoms with Crippen LogP contribution >= 0.6 is 0 Å². The van der Waals surface area contributed by atoms with E-state index in [2.05, 4.69) is 44.9 Å². The molecule has 1 aromatic rings. The largest absolute Gasteiger partial charge is 0.544 e. The van der Waals surface area contributed by atoms with Gasteiger partial charge >= 0.3 is 0 Å². The molecule has 0 aromatic carbocycles. The Labute approximate surface area is 138 Å². The summed E-state index contributed by atoms with van der Waals surface area (Å²) in [5.74, 6) is 0.837. The molecule has 124 valence electrons. The van der Waals surface area contributed by atoms with Gasteiger partial charge < -0.3 is 4.43 Å². The quantitative estimate of drug-likeness (QED) is 0.438. The molecule has 0 radical (unpaired) electrons. The molecule has 0 saturated heterocycles. The molecule has 0 atom stereocenters. The monoisotopic (exact) mass is 332 g/mol. The highest BCUT2D eigenvalue weighted by atomic mass is 28.4. The lowest BCUT2D eigenvalue weighted by molar-refractivity contribution is -0.385. The zero-order valence-corrected chi connectivity index (χ0v) is 15.4. The molecule has 5 nitrogen and oxygen atoms in total. The number of rotatable bonds is 4. The lowest BCUT2D eigenvalue weighted by Crippen LogP contribution is -2.40. The van der Waals surface area contributed by atoms with Crippen LogP contribution in [0.15, 0.2) is 36.4 Å². The van der Waals surface area contributed by atoms with Crippen LogP contribution in [0, 0.1) is 10.1 Å². The average molecular weight is 332 g/mol. The lowest BCUT2D eigenvalue weighted by atomic mass is 9.96. The van der Waals surface area contributed by atoms with E-state index < -0.39 is 8.32 Å². The molecule has 23 heavy (non-hydrogen) atoms. The van der Waals surface area contributed by atoms with Crippen molar-refractivity contribution in [2.24, 2.45) is 0 Å². The minimum absolute atomic E-state index is 0.0485.